The standard InChI is InChI=1S/C22H22N4O/c27-20-16-19(18-6-12-23-13-7-18)24-21-25(20)15-11-22(9-10-22)26(21)14-8-17-4-2-1-3-5-17/h1-7,12-13,16H,8-11,14-15H2. The summed E-state index contributed by atoms with van der Waals surface area (Å²) in [7, 11) is 0. The van der Waals surface area contributed by atoms with Crippen LogP contribution in [0.25, 0.3) is 11.3 Å². The van der Waals surface area contributed by atoms with Gasteiger partial charge in [0, 0.05) is 42.7 Å². The van der Waals surface area contributed by atoms with Crippen LogP contribution in [-0.4, -0.2) is 26.6 Å². The van der Waals surface area contributed by atoms with E-state index in [1.165, 1.54) is 18.4 Å². The predicted octanol–water partition coefficient (Wildman–Crippen LogP) is 3.29. The van der Waals surface area contributed by atoms with Crippen LogP contribution in [0.15, 0.2) is 65.7 Å². The quantitative estimate of drug-likeness (QED) is 0.718. The predicted molar refractivity (Wildman–Crippen MR) is 106 cm³/mol. The molecule has 27 heavy (non-hydrogen) atoms. The average molecular weight is 358 g/mol. The highest BCUT2D eigenvalue weighted by molar-refractivity contribution is 5.60. The van der Waals surface area contributed by atoms with E-state index in [9.17, 15) is 4.79 Å². The zero-order valence-corrected chi connectivity index (χ0v) is 15.2. The minimum atomic E-state index is 0.0343. The van der Waals surface area contributed by atoms with Gasteiger partial charge in [-0.05, 0) is 43.4 Å². The number of aromatic nitrogens is 3. The summed E-state index contributed by atoms with van der Waals surface area (Å²) >= 11 is 0. The summed E-state index contributed by atoms with van der Waals surface area (Å²) in [5, 5.41) is 0. The molecular formula is C22H22N4O. The summed E-state index contributed by atoms with van der Waals surface area (Å²) in [6.45, 7) is 1.65. The molecule has 2 aromatic heterocycles. The Balaban J connectivity index is 1.54. The third-order valence-corrected chi connectivity index (χ3v) is 5.87. The molecule has 0 saturated heterocycles. The number of hydrogen-bond acceptors (Lipinski definition) is 4. The zero-order valence-electron chi connectivity index (χ0n) is 15.2. The Morgan fingerprint density at radius 3 is 2.52 bits per heavy atom. The van der Waals surface area contributed by atoms with Crippen molar-refractivity contribution in [3.05, 3.63) is 76.8 Å². The Kier molecular flexibility index (Phi) is 3.81. The summed E-state index contributed by atoms with van der Waals surface area (Å²) in [4.78, 5) is 24.2. The van der Waals surface area contributed by atoms with Gasteiger partial charge in [-0.25, -0.2) is 4.98 Å². The van der Waals surface area contributed by atoms with Gasteiger partial charge in [0.05, 0.1) is 5.69 Å². The molecule has 1 aromatic carbocycles. The van der Waals surface area contributed by atoms with E-state index in [-0.39, 0.29) is 11.1 Å². The lowest BCUT2D eigenvalue weighted by Gasteiger charge is -2.39. The van der Waals surface area contributed by atoms with Gasteiger partial charge in [0.25, 0.3) is 5.56 Å². The average Bonchev–Trinajstić information content (AvgIpc) is 3.48. The van der Waals surface area contributed by atoms with Crippen LogP contribution >= 0.6 is 0 Å². The number of anilines is 1. The van der Waals surface area contributed by atoms with Crippen LogP contribution in [0.5, 0.6) is 0 Å². The van der Waals surface area contributed by atoms with E-state index < -0.39 is 0 Å². The van der Waals surface area contributed by atoms with E-state index in [0.29, 0.717) is 0 Å². The first-order valence-electron chi connectivity index (χ1n) is 9.59. The van der Waals surface area contributed by atoms with Crippen LogP contribution in [0.1, 0.15) is 24.8 Å². The SMILES string of the molecule is O=c1cc(-c2ccncc2)nc2n1CCC1(CC1)N2CCc1ccccc1. The van der Waals surface area contributed by atoms with Crippen molar-refractivity contribution < 1.29 is 0 Å². The summed E-state index contributed by atoms with van der Waals surface area (Å²) in [6, 6.07) is 16.0. The van der Waals surface area contributed by atoms with Crippen molar-refractivity contribution in [1.82, 2.24) is 14.5 Å². The van der Waals surface area contributed by atoms with Crippen molar-refractivity contribution in [3.63, 3.8) is 0 Å². The lowest BCUT2D eigenvalue weighted by molar-refractivity contribution is 0.423. The molecule has 1 aliphatic heterocycles. The van der Waals surface area contributed by atoms with E-state index >= 15 is 0 Å². The lowest BCUT2D eigenvalue weighted by Crippen LogP contribution is -2.48. The van der Waals surface area contributed by atoms with E-state index in [0.717, 1.165) is 43.1 Å². The van der Waals surface area contributed by atoms with Gasteiger partial charge in [0.1, 0.15) is 0 Å². The molecule has 0 bridgehead atoms. The molecule has 1 saturated carbocycles. The second-order valence-electron chi connectivity index (χ2n) is 7.53. The molecule has 1 fully saturated rings. The molecule has 1 spiro atoms. The fourth-order valence-electron chi connectivity index (χ4n) is 4.13. The summed E-state index contributed by atoms with van der Waals surface area (Å²) in [5.41, 5.74) is 3.22. The van der Waals surface area contributed by atoms with Crippen LogP contribution < -0.4 is 10.5 Å². The van der Waals surface area contributed by atoms with Gasteiger partial charge in [-0.3, -0.25) is 14.3 Å². The minimum absolute atomic E-state index is 0.0343. The van der Waals surface area contributed by atoms with Crippen LogP contribution in [0.3, 0.4) is 0 Å². The molecule has 3 heterocycles. The molecule has 0 unspecified atom stereocenters. The summed E-state index contributed by atoms with van der Waals surface area (Å²) in [5.74, 6) is 0.828. The Bertz CT molecular complexity index is 1010. The smallest absolute Gasteiger partial charge is 0.255 e. The van der Waals surface area contributed by atoms with Crippen molar-refractivity contribution in [2.24, 2.45) is 0 Å². The van der Waals surface area contributed by atoms with Gasteiger partial charge in [0.15, 0.2) is 0 Å². The molecule has 5 heteroatoms. The topological polar surface area (TPSA) is 51.0 Å². The van der Waals surface area contributed by atoms with E-state index in [2.05, 4.69) is 34.1 Å². The monoisotopic (exact) mass is 358 g/mol. The largest absolute Gasteiger partial charge is 0.336 e. The molecular weight excluding hydrogens is 336 g/mol. The second-order valence-corrected chi connectivity index (χ2v) is 7.53. The molecule has 136 valence electrons. The van der Waals surface area contributed by atoms with Gasteiger partial charge >= 0.3 is 0 Å². The maximum atomic E-state index is 12.8. The van der Waals surface area contributed by atoms with Gasteiger partial charge in [0.2, 0.25) is 5.95 Å². The first-order chi connectivity index (χ1) is 13.3. The summed E-state index contributed by atoms with van der Waals surface area (Å²) < 4.78 is 1.85. The molecule has 5 nitrogen and oxygen atoms in total. The molecule has 3 aromatic rings. The van der Waals surface area contributed by atoms with E-state index in [4.69, 9.17) is 4.98 Å². The van der Waals surface area contributed by atoms with Crippen molar-refractivity contribution in [3.8, 4) is 11.3 Å². The number of fused-ring (bicyclic) bond motifs is 1. The molecule has 0 atom stereocenters. The van der Waals surface area contributed by atoms with Crippen molar-refractivity contribution >= 4 is 5.95 Å². The third kappa shape index (κ3) is 2.93. The Morgan fingerprint density at radius 2 is 1.78 bits per heavy atom. The second kappa shape index (κ2) is 6.34. The van der Waals surface area contributed by atoms with Crippen molar-refractivity contribution in [2.45, 2.75) is 37.8 Å². The first kappa shape index (κ1) is 16.2. The molecule has 5 rings (SSSR count). The highest BCUT2D eigenvalue weighted by atomic mass is 16.1. The number of pyridine rings is 1. The zero-order chi connectivity index (χ0) is 18.3. The maximum absolute atomic E-state index is 12.8. The van der Waals surface area contributed by atoms with Crippen molar-refractivity contribution in [2.75, 3.05) is 11.4 Å². The van der Waals surface area contributed by atoms with Crippen LogP contribution in [0.2, 0.25) is 0 Å². The van der Waals surface area contributed by atoms with Crippen molar-refractivity contribution in [1.29, 1.82) is 0 Å². The molecule has 0 radical (unpaired) electrons. The van der Waals surface area contributed by atoms with E-state index in [1.807, 2.05) is 22.8 Å². The lowest BCUT2D eigenvalue weighted by atomic mass is 10.1. The maximum Gasteiger partial charge on any atom is 0.255 e. The third-order valence-electron chi connectivity index (χ3n) is 5.87. The van der Waals surface area contributed by atoms with Crippen LogP contribution in [0.4, 0.5) is 5.95 Å². The van der Waals surface area contributed by atoms with E-state index in [1.54, 1.807) is 18.5 Å². The molecule has 2 aliphatic rings. The van der Waals surface area contributed by atoms with Gasteiger partial charge in [-0.1, -0.05) is 30.3 Å². The molecule has 0 N–H and O–H groups in total. The number of nitrogens with zero attached hydrogens (tertiary/aromatic N) is 4. The van der Waals surface area contributed by atoms with Gasteiger partial charge < -0.3 is 4.90 Å². The molecule has 1 aliphatic carbocycles. The van der Waals surface area contributed by atoms with Crippen LogP contribution in [0, 0.1) is 0 Å². The highest BCUT2D eigenvalue weighted by Gasteiger charge is 2.51. The normalized spacial score (nSPS) is 17.0. The Hall–Kier alpha value is -2.95. The fraction of sp³-hybridized carbons (Fsp3) is 0.318. The Morgan fingerprint density at radius 1 is 1.00 bits per heavy atom. The number of benzene rings is 1. The summed E-state index contributed by atoms with van der Waals surface area (Å²) in [6.07, 6.45) is 7.85. The first-order valence-corrected chi connectivity index (χ1v) is 9.59. The number of hydrogen-bond donors (Lipinski definition) is 0. The minimum Gasteiger partial charge on any atom is -0.336 e. The van der Waals surface area contributed by atoms with Gasteiger partial charge in [-0.2, -0.15) is 0 Å². The molecule has 0 amide bonds. The van der Waals surface area contributed by atoms with Crippen LogP contribution in [-0.2, 0) is 13.0 Å². The Labute approximate surface area is 158 Å². The number of rotatable bonds is 4. The highest BCUT2D eigenvalue weighted by Crippen LogP contribution is 2.49. The fourth-order valence-corrected chi connectivity index (χ4v) is 4.13. The van der Waals surface area contributed by atoms with Gasteiger partial charge in [-0.15, -0.1) is 0 Å².